The lowest BCUT2D eigenvalue weighted by molar-refractivity contribution is 0.610. The maximum Gasteiger partial charge on any atom is 0.137 e. The van der Waals surface area contributed by atoms with Crippen molar-refractivity contribution in [3.63, 3.8) is 0 Å². The van der Waals surface area contributed by atoms with Crippen molar-refractivity contribution in [2.24, 2.45) is 0 Å². The highest BCUT2D eigenvalue weighted by Crippen LogP contribution is 2.17. The van der Waals surface area contributed by atoms with Crippen molar-refractivity contribution in [1.82, 2.24) is 14.9 Å². The molecule has 0 bridgehead atoms. The van der Waals surface area contributed by atoms with Gasteiger partial charge in [0.1, 0.15) is 11.6 Å². The monoisotopic (exact) mass is 325 g/mol. The van der Waals surface area contributed by atoms with Crippen LogP contribution in [0.1, 0.15) is 24.7 Å². The first-order valence-corrected chi connectivity index (χ1v) is 7.14. The van der Waals surface area contributed by atoms with E-state index >= 15 is 0 Å². The number of hydrogen-bond donors (Lipinski definition) is 1. The summed E-state index contributed by atoms with van der Waals surface area (Å²) in [5, 5.41) is 3.33. The molecule has 1 aromatic heterocycles. The molecular weight excluding hydrogens is 309 g/mol. The van der Waals surface area contributed by atoms with Crippen molar-refractivity contribution in [3.8, 4) is 0 Å². The fraction of sp³-hybridized carbons (Fsp3) is 0.357. The van der Waals surface area contributed by atoms with Gasteiger partial charge in [-0.2, -0.15) is 0 Å². The third-order valence-electron chi connectivity index (χ3n) is 2.85. The maximum atomic E-state index is 13.2. The Morgan fingerprint density at radius 2 is 2.26 bits per heavy atom. The normalized spacial score (nSPS) is 10.9. The van der Waals surface area contributed by atoms with E-state index in [2.05, 4.69) is 37.7 Å². The highest BCUT2D eigenvalue weighted by molar-refractivity contribution is 9.10. The second-order valence-corrected chi connectivity index (χ2v) is 5.25. The molecule has 3 nitrogen and oxygen atoms in total. The molecule has 0 aliphatic heterocycles. The second kappa shape index (κ2) is 6.82. The average Bonchev–Trinajstić information content (AvgIpc) is 2.82. The third kappa shape index (κ3) is 3.88. The molecule has 0 saturated carbocycles. The quantitative estimate of drug-likeness (QED) is 0.825. The van der Waals surface area contributed by atoms with Gasteiger partial charge in [-0.3, -0.25) is 0 Å². The Morgan fingerprint density at radius 1 is 1.42 bits per heavy atom. The molecule has 0 saturated heterocycles. The summed E-state index contributed by atoms with van der Waals surface area (Å²) in [6.45, 7) is 4.57. The van der Waals surface area contributed by atoms with Crippen LogP contribution in [0.4, 0.5) is 4.39 Å². The average molecular weight is 326 g/mol. The molecule has 0 amide bonds. The van der Waals surface area contributed by atoms with E-state index in [0.717, 1.165) is 30.9 Å². The minimum absolute atomic E-state index is 0.237. The third-order valence-corrected chi connectivity index (χ3v) is 3.46. The molecular formula is C14H17BrFN3. The molecule has 0 aliphatic rings. The number of halogens is 2. The van der Waals surface area contributed by atoms with Crippen LogP contribution in [-0.4, -0.2) is 16.1 Å². The fourth-order valence-electron chi connectivity index (χ4n) is 1.86. The van der Waals surface area contributed by atoms with Crippen molar-refractivity contribution < 1.29 is 4.39 Å². The number of benzene rings is 1. The number of nitrogens with one attached hydrogen (secondary N) is 1. The van der Waals surface area contributed by atoms with E-state index in [4.69, 9.17) is 0 Å². The molecule has 0 atom stereocenters. The van der Waals surface area contributed by atoms with Gasteiger partial charge in [-0.25, -0.2) is 9.37 Å². The fourth-order valence-corrected chi connectivity index (χ4v) is 2.29. The van der Waals surface area contributed by atoms with E-state index in [-0.39, 0.29) is 5.82 Å². The summed E-state index contributed by atoms with van der Waals surface area (Å²) in [6.07, 6.45) is 4.84. The molecule has 0 spiro atoms. The molecule has 2 rings (SSSR count). The minimum Gasteiger partial charge on any atom is -0.329 e. The van der Waals surface area contributed by atoms with Crippen molar-refractivity contribution in [3.05, 3.63) is 52.3 Å². The Kier molecular flexibility index (Phi) is 5.10. The van der Waals surface area contributed by atoms with Crippen LogP contribution < -0.4 is 5.32 Å². The Morgan fingerprint density at radius 3 is 3.00 bits per heavy atom. The zero-order valence-corrected chi connectivity index (χ0v) is 12.5. The highest BCUT2D eigenvalue weighted by atomic mass is 79.9. The summed E-state index contributed by atoms with van der Waals surface area (Å²) in [7, 11) is 0. The molecule has 1 heterocycles. The smallest absolute Gasteiger partial charge is 0.137 e. The second-order valence-electron chi connectivity index (χ2n) is 4.40. The molecule has 0 fully saturated rings. The Hall–Kier alpha value is -1.20. The number of hydrogen-bond acceptors (Lipinski definition) is 2. The predicted molar refractivity (Wildman–Crippen MR) is 77.4 cm³/mol. The molecule has 0 radical (unpaired) electrons. The zero-order valence-electron chi connectivity index (χ0n) is 10.9. The predicted octanol–water partition coefficient (Wildman–Crippen LogP) is 3.33. The van der Waals surface area contributed by atoms with E-state index in [1.165, 1.54) is 6.07 Å². The van der Waals surface area contributed by atoms with Gasteiger partial charge in [0.15, 0.2) is 0 Å². The van der Waals surface area contributed by atoms with E-state index in [1.807, 2.05) is 6.20 Å². The Bertz CT molecular complexity index is 539. The van der Waals surface area contributed by atoms with Crippen molar-refractivity contribution in [2.75, 3.05) is 6.54 Å². The summed E-state index contributed by atoms with van der Waals surface area (Å²) in [4.78, 5) is 4.34. The van der Waals surface area contributed by atoms with Gasteiger partial charge in [0.2, 0.25) is 0 Å². The standard InChI is InChI=1S/C14H17BrFN3/c1-2-5-17-9-14-18-6-7-19(14)10-11-3-4-13(16)12(15)8-11/h3-4,6-8,17H,2,5,9-10H2,1H3. The van der Waals surface area contributed by atoms with E-state index in [0.29, 0.717) is 11.0 Å². The van der Waals surface area contributed by atoms with Crippen LogP contribution in [0.25, 0.3) is 0 Å². The number of nitrogens with zero attached hydrogens (tertiary/aromatic N) is 2. The van der Waals surface area contributed by atoms with Crippen LogP contribution in [0.15, 0.2) is 35.1 Å². The lowest BCUT2D eigenvalue weighted by atomic mass is 10.2. The van der Waals surface area contributed by atoms with Gasteiger partial charge < -0.3 is 9.88 Å². The van der Waals surface area contributed by atoms with Gasteiger partial charge in [-0.1, -0.05) is 13.0 Å². The first kappa shape index (κ1) is 14.2. The molecule has 102 valence electrons. The van der Waals surface area contributed by atoms with Crippen LogP contribution in [-0.2, 0) is 13.1 Å². The SMILES string of the molecule is CCCNCc1nccn1Cc1ccc(F)c(Br)c1. The first-order chi connectivity index (χ1) is 9.20. The summed E-state index contributed by atoms with van der Waals surface area (Å²) >= 11 is 3.21. The topological polar surface area (TPSA) is 29.9 Å². The number of rotatable bonds is 6. The van der Waals surface area contributed by atoms with Gasteiger partial charge >= 0.3 is 0 Å². The van der Waals surface area contributed by atoms with E-state index < -0.39 is 0 Å². The Labute approximate surface area is 121 Å². The summed E-state index contributed by atoms with van der Waals surface area (Å²) in [6, 6.07) is 5.08. The lowest BCUT2D eigenvalue weighted by Gasteiger charge is -2.09. The zero-order chi connectivity index (χ0) is 13.7. The molecule has 1 aromatic carbocycles. The highest BCUT2D eigenvalue weighted by Gasteiger charge is 2.05. The van der Waals surface area contributed by atoms with Crippen LogP contribution in [0.2, 0.25) is 0 Å². The van der Waals surface area contributed by atoms with E-state index in [9.17, 15) is 4.39 Å². The van der Waals surface area contributed by atoms with Crippen LogP contribution in [0.5, 0.6) is 0 Å². The molecule has 0 unspecified atom stereocenters. The maximum absolute atomic E-state index is 13.2. The Balaban J connectivity index is 2.06. The lowest BCUT2D eigenvalue weighted by Crippen LogP contribution is -2.17. The van der Waals surface area contributed by atoms with Gasteiger partial charge in [-0.15, -0.1) is 0 Å². The molecule has 0 aliphatic carbocycles. The molecule has 19 heavy (non-hydrogen) atoms. The van der Waals surface area contributed by atoms with Gasteiger partial charge in [-0.05, 0) is 46.6 Å². The first-order valence-electron chi connectivity index (χ1n) is 6.35. The van der Waals surface area contributed by atoms with E-state index in [1.54, 1.807) is 18.3 Å². The molecule has 5 heteroatoms. The summed E-state index contributed by atoms with van der Waals surface area (Å²) < 4.78 is 15.8. The summed E-state index contributed by atoms with van der Waals surface area (Å²) in [5.74, 6) is 0.758. The largest absolute Gasteiger partial charge is 0.329 e. The van der Waals surface area contributed by atoms with Gasteiger partial charge in [0.05, 0.1) is 11.0 Å². The summed E-state index contributed by atoms with van der Waals surface area (Å²) in [5.41, 5.74) is 1.04. The van der Waals surface area contributed by atoms with Crippen LogP contribution >= 0.6 is 15.9 Å². The number of aromatic nitrogens is 2. The van der Waals surface area contributed by atoms with Gasteiger partial charge in [0.25, 0.3) is 0 Å². The minimum atomic E-state index is -0.237. The molecule has 1 N–H and O–H groups in total. The van der Waals surface area contributed by atoms with Crippen molar-refractivity contribution >= 4 is 15.9 Å². The van der Waals surface area contributed by atoms with Gasteiger partial charge in [0, 0.05) is 18.9 Å². The van der Waals surface area contributed by atoms with Crippen molar-refractivity contribution in [2.45, 2.75) is 26.4 Å². The number of imidazole rings is 1. The van der Waals surface area contributed by atoms with Crippen LogP contribution in [0.3, 0.4) is 0 Å². The van der Waals surface area contributed by atoms with Crippen LogP contribution in [0, 0.1) is 5.82 Å². The molecule has 2 aromatic rings. The van der Waals surface area contributed by atoms with Crippen molar-refractivity contribution in [1.29, 1.82) is 0 Å².